The van der Waals surface area contributed by atoms with E-state index < -0.39 is 0 Å². The van der Waals surface area contributed by atoms with Crippen molar-refractivity contribution in [2.24, 2.45) is 0 Å². The van der Waals surface area contributed by atoms with E-state index in [9.17, 15) is 0 Å². The van der Waals surface area contributed by atoms with Crippen molar-refractivity contribution in [3.05, 3.63) is 53.1 Å². The zero-order valence-corrected chi connectivity index (χ0v) is 11.7. The Morgan fingerprint density at radius 3 is 2.74 bits per heavy atom. The van der Waals surface area contributed by atoms with Gasteiger partial charge < -0.3 is 0 Å². The maximum atomic E-state index is 6.36. The third kappa shape index (κ3) is 2.31. The highest BCUT2D eigenvalue weighted by molar-refractivity contribution is 6.32. The molecule has 0 aliphatic rings. The molecule has 1 aromatic heterocycles. The fourth-order valence-electron chi connectivity index (χ4n) is 2.49. The van der Waals surface area contributed by atoms with E-state index in [1.807, 2.05) is 24.3 Å². The molecule has 0 spiro atoms. The predicted molar refractivity (Wildman–Crippen MR) is 82.9 cm³/mol. The lowest BCUT2D eigenvalue weighted by Crippen LogP contribution is -1.91. The highest BCUT2D eigenvalue weighted by atomic mass is 35.5. The standard InChI is InChI=1S/C17H16ClN/c1-2-3-7-13-14-11-12-6-4-5-8-16(12)19-17(14)10-9-15(13)18/h4-6,8-11H,2-3,7H2,1H3. The van der Waals surface area contributed by atoms with Gasteiger partial charge >= 0.3 is 0 Å². The Morgan fingerprint density at radius 2 is 1.89 bits per heavy atom. The number of para-hydroxylation sites is 1. The van der Waals surface area contributed by atoms with Crippen LogP contribution in [0.5, 0.6) is 0 Å². The third-order valence-electron chi connectivity index (χ3n) is 3.53. The maximum Gasteiger partial charge on any atom is 0.0713 e. The zero-order chi connectivity index (χ0) is 13.2. The predicted octanol–water partition coefficient (Wildman–Crippen LogP) is 5.38. The normalized spacial score (nSPS) is 11.3. The lowest BCUT2D eigenvalue weighted by atomic mass is 10.0. The first-order valence-electron chi connectivity index (χ1n) is 6.76. The third-order valence-corrected chi connectivity index (χ3v) is 3.89. The number of aromatic nitrogens is 1. The second kappa shape index (κ2) is 5.18. The van der Waals surface area contributed by atoms with Crippen LogP contribution in [0.3, 0.4) is 0 Å². The van der Waals surface area contributed by atoms with Crippen molar-refractivity contribution in [1.29, 1.82) is 0 Å². The summed E-state index contributed by atoms with van der Waals surface area (Å²) in [6.45, 7) is 2.20. The maximum absolute atomic E-state index is 6.36. The van der Waals surface area contributed by atoms with Crippen LogP contribution in [-0.2, 0) is 6.42 Å². The molecule has 1 heterocycles. The van der Waals surface area contributed by atoms with Crippen LogP contribution in [0.4, 0.5) is 0 Å². The van der Waals surface area contributed by atoms with Gasteiger partial charge in [-0.05, 0) is 42.7 Å². The topological polar surface area (TPSA) is 12.9 Å². The van der Waals surface area contributed by atoms with E-state index in [-0.39, 0.29) is 0 Å². The largest absolute Gasteiger partial charge is 0.248 e. The molecule has 0 fully saturated rings. The summed E-state index contributed by atoms with van der Waals surface area (Å²) in [7, 11) is 0. The summed E-state index contributed by atoms with van der Waals surface area (Å²) in [5, 5.41) is 3.23. The molecule has 0 unspecified atom stereocenters. The summed E-state index contributed by atoms with van der Waals surface area (Å²) >= 11 is 6.36. The number of pyridine rings is 1. The molecule has 0 N–H and O–H groups in total. The number of nitrogens with zero attached hydrogens (tertiary/aromatic N) is 1. The summed E-state index contributed by atoms with van der Waals surface area (Å²) in [5.74, 6) is 0. The molecular formula is C17H16ClN. The summed E-state index contributed by atoms with van der Waals surface area (Å²) < 4.78 is 0. The molecule has 1 nitrogen and oxygen atoms in total. The average Bonchev–Trinajstić information content (AvgIpc) is 2.44. The van der Waals surface area contributed by atoms with Gasteiger partial charge in [0.25, 0.3) is 0 Å². The van der Waals surface area contributed by atoms with Gasteiger partial charge in [0.15, 0.2) is 0 Å². The number of hydrogen-bond donors (Lipinski definition) is 0. The molecule has 0 bridgehead atoms. The first-order chi connectivity index (χ1) is 9.29. The van der Waals surface area contributed by atoms with Gasteiger partial charge in [0, 0.05) is 15.8 Å². The van der Waals surface area contributed by atoms with Crippen molar-refractivity contribution >= 4 is 33.4 Å². The second-order valence-electron chi connectivity index (χ2n) is 4.88. The monoisotopic (exact) mass is 269 g/mol. The van der Waals surface area contributed by atoms with Crippen LogP contribution in [0.25, 0.3) is 21.8 Å². The molecule has 19 heavy (non-hydrogen) atoms. The average molecular weight is 270 g/mol. The van der Waals surface area contributed by atoms with Crippen LogP contribution in [-0.4, -0.2) is 4.98 Å². The SMILES string of the molecule is CCCCc1c(Cl)ccc2nc3ccccc3cc12. The number of benzene rings is 2. The van der Waals surface area contributed by atoms with Crippen molar-refractivity contribution < 1.29 is 0 Å². The number of hydrogen-bond acceptors (Lipinski definition) is 1. The molecular weight excluding hydrogens is 254 g/mol. The molecule has 0 radical (unpaired) electrons. The first kappa shape index (κ1) is 12.4. The van der Waals surface area contributed by atoms with Gasteiger partial charge in [-0.2, -0.15) is 0 Å². The molecule has 0 amide bonds. The van der Waals surface area contributed by atoms with Crippen LogP contribution in [0, 0.1) is 0 Å². The van der Waals surface area contributed by atoms with Crippen molar-refractivity contribution in [1.82, 2.24) is 4.98 Å². The molecule has 0 saturated heterocycles. The highest BCUT2D eigenvalue weighted by Crippen LogP contribution is 2.29. The highest BCUT2D eigenvalue weighted by Gasteiger charge is 2.08. The fourth-order valence-corrected chi connectivity index (χ4v) is 2.75. The van der Waals surface area contributed by atoms with Gasteiger partial charge in [-0.3, -0.25) is 0 Å². The molecule has 0 saturated carbocycles. The Labute approximate surface area is 118 Å². The van der Waals surface area contributed by atoms with Crippen molar-refractivity contribution in [2.45, 2.75) is 26.2 Å². The van der Waals surface area contributed by atoms with E-state index in [1.54, 1.807) is 0 Å². The van der Waals surface area contributed by atoms with Crippen molar-refractivity contribution in [3.63, 3.8) is 0 Å². The number of halogens is 1. The quantitative estimate of drug-likeness (QED) is 0.582. The number of fused-ring (bicyclic) bond motifs is 2. The van der Waals surface area contributed by atoms with Crippen LogP contribution in [0.2, 0.25) is 5.02 Å². The Bertz CT molecular complexity index is 734. The van der Waals surface area contributed by atoms with E-state index in [0.29, 0.717) is 0 Å². The number of rotatable bonds is 3. The van der Waals surface area contributed by atoms with E-state index in [0.717, 1.165) is 28.9 Å². The van der Waals surface area contributed by atoms with Crippen LogP contribution in [0.1, 0.15) is 25.3 Å². The molecule has 0 atom stereocenters. The van der Waals surface area contributed by atoms with E-state index >= 15 is 0 Å². The van der Waals surface area contributed by atoms with Gasteiger partial charge in [-0.15, -0.1) is 0 Å². The van der Waals surface area contributed by atoms with Crippen LogP contribution < -0.4 is 0 Å². The molecule has 96 valence electrons. The Balaban J connectivity index is 2.27. The van der Waals surface area contributed by atoms with E-state index in [2.05, 4.69) is 25.1 Å². The van der Waals surface area contributed by atoms with Crippen LogP contribution in [0.15, 0.2) is 42.5 Å². The van der Waals surface area contributed by atoms with Gasteiger partial charge in [-0.25, -0.2) is 4.98 Å². The lowest BCUT2D eigenvalue weighted by molar-refractivity contribution is 0.799. The summed E-state index contributed by atoms with van der Waals surface area (Å²) in [6, 6.07) is 14.4. The minimum absolute atomic E-state index is 0.859. The molecule has 2 heteroatoms. The number of unbranched alkanes of at least 4 members (excludes halogenated alkanes) is 1. The summed E-state index contributed by atoms with van der Waals surface area (Å²) in [4.78, 5) is 4.73. The smallest absolute Gasteiger partial charge is 0.0713 e. The molecule has 0 aliphatic carbocycles. The molecule has 3 aromatic rings. The van der Waals surface area contributed by atoms with Gasteiger partial charge in [0.05, 0.1) is 11.0 Å². The first-order valence-corrected chi connectivity index (χ1v) is 7.14. The molecule has 0 aliphatic heterocycles. The molecule has 2 aromatic carbocycles. The van der Waals surface area contributed by atoms with Gasteiger partial charge in [-0.1, -0.05) is 43.1 Å². The van der Waals surface area contributed by atoms with Crippen molar-refractivity contribution in [3.8, 4) is 0 Å². The Hall–Kier alpha value is -1.60. The molecule has 3 rings (SSSR count). The fraction of sp³-hybridized carbons (Fsp3) is 0.235. The second-order valence-corrected chi connectivity index (χ2v) is 5.28. The minimum Gasteiger partial charge on any atom is -0.248 e. The minimum atomic E-state index is 0.859. The van der Waals surface area contributed by atoms with Crippen molar-refractivity contribution in [2.75, 3.05) is 0 Å². The lowest BCUT2D eigenvalue weighted by Gasteiger charge is -2.09. The zero-order valence-electron chi connectivity index (χ0n) is 11.0. The van der Waals surface area contributed by atoms with Gasteiger partial charge in [0.1, 0.15) is 0 Å². The van der Waals surface area contributed by atoms with E-state index in [4.69, 9.17) is 16.6 Å². The van der Waals surface area contributed by atoms with Crippen LogP contribution >= 0.6 is 11.6 Å². The Morgan fingerprint density at radius 1 is 1.05 bits per heavy atom. The summed E-state index contributed by atoms with van der Waals surface area (Å²) in [5.41, 5.74) is 3.31. The number of aryl methyl sites for hydroxylation is 1. The summed E-state index contributed by atoms with van der Waals surface area (Å²) in [6.07, 6.45) is 3.35. The Kier molecular flexibility index (Phi) is 3.39. The van der Waals surface area contributed by atoms with E-state index in [1.165, 1.54) is 22.8 Å². The van der Waals surface area contributed by atoms with Gasteiger partial charge in [0.2, 0.25) is 0 Å².